The largest absolute Gasteiger partial charge is 0.360 e. The molecule has 5 rings (SSSR count). The Balaban J connectivity index is 1.45. The number of carbonyl (C=O) groups is 2. The number of nitrogens with zero attached hydrogens (tertiary/aromatic N) is 2. The van der Waals surface area contributed by atoms with E-state index in [4.69, 9.17) is 4.52 Å². The summed E-state index contributed by atoms with van der Waals surface area (Å²) in [7, 11) is 0. The summed E-state index contributed by atoms with van der Waals surface area (Å²) in [6, 6.07) is 18.5. The number of nitrogens with one attached hydrogen (secondary N) is 3. The van der Waals surface area contributed by atoms with Crippen molar-refractivity contribution in [3.8, 4) is 11.3 Å². The highest BCUT2D eigenvalue weighted by molar-refractivity contribution is 6.10. The van der Waals surface area contributed by atoms with Crippen LogP contribution in [0.2, 0.25) is 0 Å². The number of carbonyl (C=O) groups excluding carboxylic acids is 2. The lowest BCUT2D eigenvalue weighted by Gasteiger charge is -2.09. The van der Waals surface area contributed by atoms with Crippen LogP contribution in [0.15, 0.2) is 71.4 Å². The maximum Gasteiger partial charge on any atom is 0.271 e. The molecule has 0 unspecified atom stereocenters. The Morgan fingerprint density at radius 2 is 1.65 bits per heavy atom. The van der Waals surface area contributed by atoms with Gasteiger partial charge < -0.3 is 9.51 Å². The zero-order chi connectivity index (χ0) is 21.4. The lowest BCUT2D eigenvalue weighted by Crippen LogP contribution is -2.41. The van der Waals surface area contributed by atoms with Gasteiger partial charge in [-0.2, -0.15) is 0 Å². The van der Waals surface area contributed by atoms with E-state index in [1.54, 1.807) is 19.2 Å². The molecular weight excluding hydrogens is 394 g/mol. The van der Waals surface area contributed by atoms with Crippen molar-refractivity contribution in [1.82, 2.24) is 26.0 Å². The van der Waals surface area contributed by atoms with Crippen molar-refractivity contribution in [2.45, 2.75) is 6.92 Å². The van der Waals surface area contributed by atoms with Gasteiger partial charge >= 0.3 is 0 Å². The highest BCUT2D eigenvalue weighted by Crippen LogP contribution is 2.27. The molecule has 2 amide bonds. The zero-order valence-corrected chi connectivity index (χ0v) is 16.5. The predicted octanol–water partition coefficient (Wildman–Crippen LogP) is 3.75. The summed E-state index contributed by atoms with van der Waals surface area (Å²) in [5.41, 5.74) is 8.74. The lowest BCUT2D eigenvalue weighted by atomic mass is 10.1. The van der Waals surface area contributed by atoms with Gasteiger partial charge in [0.05, 0.1) is 27.9 Å². The highest BCUT2D eigenvalue weighted by Gasteiger charge is 2.20. The third-order valence-corrected chi connectivity index (χ3v) is 5.05. The Kier molecular flexibility index (Phi) is 4.44. The molecule has 0 radical (unpaired) electrons. The third-order valence-electron chi connectivity index (χ3n) is 5.05. The van der Waals surface area contributed by atoms with Crippen molar-refractivity contribution in [3.63, 3.8) is 0 Å². The fraction of sp³-hybridized carbons (Fsp3) is 0.0435. The molecule has 5 aromatic rings. The van der Waals surface area contributed by atoms with Gasteiger partial charge in [-0.3, -0.25) is 20.4 Å². The molecule has 2 aromatic carbocycles. The molecule has 3 heterocycles. The normalized spacial score (nSPS) is 11.0. The van der Waals surface area contributed by atoms with E-state index in [0.29, 0.717) is 27.9 Å². The number of benzene rings is 2. The van der Waals surface area contributed by atoms with E-state index in [1.165, 1.54) is 0 Å². The quantitative estimate of drug-likeness (QED) is 0.391. The van der Waals surface area contributed by atoms with Crippen LogP contribution in [0.3, 0.4) is 0 Å². The predicted molar refractivity (Wildman–Crippen MR) is 115 cm³/mol. The fourth-order valence-electron chi connectivity index (χ4n) is 3.54. The minimum atomic E-state index is -0.496. The van der Waals surface area contributed by atoms with Crippen LogP contribution in [0, 0.1) is 6.92 Å². The number of para-hydroxylation sites is 1. The number of hydrazine groups is 1. The zero-order valence-electron chi connectivity index (χ0n) is 16.5. The topological polar surface area (TPSA) is 113 Å². The summed E-state index contributed by atoms with van der Waals surface area (Å²) in [6.07, 6.45) is 1.61. The van der Waals surface area contributed by atoms with Crippen LogP contribution >= 0.6 is 0 Å². The number of H-pyrrole nitrogens is 1. The van der Waals surface area contributed by atoms with E-state index in [1.807, 2.05) is 54.6 Å². The molecule has 8 heteroatoms. The average molecular weight is 411 g/mol. The fourth-order valence-corrected chi connectivity index (χ4v) is 3.54. The molecule has 0 saturated carbocycles. The van der Waals surface area contributed by atoms with E-state index in [-0.39, 0.29) is 5.71 Å². The summed E-state index contributed by atoms with van der Waals surface area (Å²) in [5, 5.41) is 5.20. The minimum absolute atomic E-state index is 0.256. The van der Waals surface area contributed by atoms with Gasteiger partial charge in [0.2, 0.25) is 0 Å². The molecule has 3 aromatic heterocycles. The van der Waals surface area contributed by atoms with Crippen molar-refractivity contribution in [2.75, 3.05) is 0 Å². The maximum atomic E-state index is 13.0. The number of amides is 2. The minimum Gasteiger partial charge on any atom is -0.360 e. The molecule has 0 spiro atoms. The van der Waals surface area contributed by atoms with E-state index in [2.05, 4.69) is 26.0 Å². The van der Waals surface area contributed by atoms with Crippen LogP contribution in [0.25, 0.3) is 33.3 Å². The number of aryl methyl sites for hydroxylation is 1. The second-order valence-electron chi connectivity index (χ2n) is 7.03. The molecule has 152 valence electrons. The van der Waals surface area contributed by atoms with Crippen molar-refractivity contribution in [2.24, 2.45) is 0 Å². The molecule has 31 heavy (non-hydrogen) atoms. The number of pyridine rings is 1. The van der Waals surface area contributed by atoms with Gasteiger partial charge in [0.25, 0.3) is 17.5 Å². The number of hydrogen-bond acceptors (Lipinski definition) is 5. The molecule has 0 fully saturated rings. The molecule has 0 aliphatic carbocycles. The number of fused-ring (bicyclic) bond motifs is 2. The second-order valence-corrected chi connectivity index (χ2v) is 7.03. The Hall–Kier alpha value is -4.46. The van der Waals surface area contributed by atoms with Gasteiger partial charge in [0, 0.05) is 22.7 Å². The summed E-state index contributed by atoms with van der Waals surface area (Å²) >= 11 is 0. The molecule has 0 bridgehead atoms. The first kappa shape index (κ1) is 18.6. The SMILES string of the molecule is Cc1noc2nc(-c3ccccc3)cc(C(=O)NNC(=O)c3c[nH]c4ccccc34)c12. The first-order chi connectivity index (χ1) is 15.1. The molecule has 0 aliphatic heterocycles. The summed E-state index contributed by atoms with van der Waals surface area (Å²) < 4.78 is 5.30. The van der Waals surface area contributed by atoms with Gasteiger partial charge in [0.1, 0.15) is 0 Å². The van der Waals surface area contributed by atoms with Gasteiger partial charge in [-0.05, 0) is 19.1 Å². The Morgan fingerprint density at radius 3 is 2.45 bits per heavy atom. The summed E-state index contributed by atoms with van der Waals surface area (Å²) in [6.45, 7) is 1.73. The van der Waals surface area contributed by atoms with Crippen LogP contribution in [0.4, 0.5) is 0 Å². The van der Waals surface area contributed by atoms with Gasteiger partial charge in [-0.25, -0.2) is 4.98 Å². The number of hydrogen-bond donors (Lipinski definition) is 3. The summed E-state index contributed by atoms with van der Waals surface area (Å²) in [4.78, 5) is 33.2. The maximum absolute atomic E-state index is 13.0. The molecule has 0 atom stereocenters. The van der Waals surface area contributed by atoms with Crippen LogP contribution in [0.1, 0.15) is 26.4 Å². The van der Waals surface area contributed by atoms with Crippen LogP contribution in [-0.2, 0) is 0 Å². The Bertz CT molecular complexity index is 1440. The van der Waals surface area contributed by atoms with Crippen molar-refractivity contribution in [1.29, 1.82) is 0 Å². The monoisotopic (exact) mass is 411 g/mol. The standard InChI is InChI=1S/C23H17N5O3/c1-13-20-16(11-19(25-23(20)31-28-13)14-7-3-2-4-8-14)21(29)26-27-22(30)17-12-24-18-10-6-5-9-15(17)18/h2-12,24H,1H3,(H,26,29)(H,27,30). The van der Waals surface area contributed by atoms with Gasteiger partial charge in [-0.15, -0.1) is 0 Å². The molecular formula is C23H17N5O3. The van der Waals surface area contributed by atoms with E-state index < -0.39 is 11.8 Å². The Morgan fingerprint density at radius 1 is 0.935 bits per heavy atom. The third kappa shape index (κ3) is 3.29. The van der Waals surface area contributed by atoms with Gasteiger partial charge in [0.15, 0.2) is 0 Å². The van der Waals surface area contributed by atoms with Crippen LogP contribution in [-0.4, -0.2) is 26.9 Å². The van der Waals surface area contributed by atoms with E-state index in [9.17, 15) is 9.59 Å². The lowest BCUT2D eigenvalue weighted by molar-refractivity contribution is 0.0848. The molecule has 8 nitrogen and oxygen atoms in total. The van der Waals surface area contributed by atoms with E-state index >= 15 is 0 Å². The molecule has 3 N–H and O–H groups in total. The van der Waals surface area contributed by atoms with Gasteiger partial charge in [-0.1, -0.05) is 53.7 Å². The van der Waals surface area contributed by atoms with Crippen LogP contribution in [0.5, 0.6) is 0 Å². The molecule has 0 saturated heterocycles. The second kappa shape index (κ2) is 7.42. The number of aromatic amines is 1. The first-order valence-electron chi connectivity index (χ1n) is 9.61. The van der Waals surface area contributed by atoms with Crippen molar-refractivity contribution < 1.29 is 14.1 Å². The average Bonchev–Trinajstić information content (AvgIpc) is 3.41. The smallest absolute Gasteiger partial charge is 0.271 e. The van der Waals surface area contributed by atoms with Crippen LogP contribution < -0.4 is 10.9 Å². The van der Waals surface area contributed by atoms with Crippen molar-refractivity contribution in [3.05, 3.63) is 83.7 Å². The highest BCUT2D eigenvalue weighted by atomic mass is 16.5. The Labute approximate surface area is 176 Å². The van der Waals surface area contributed by atoms with E-state index in [0.717, 1.165) is 16.5 Å². The number of aromatic nitrogens is 3. The summed E-state index contributed by atoms with van der Waals surface area (Å²) in [5.74, 6) is -0.925. The number of rotatable bonds is 3. The van der Waals surface area contributed by atoms with Crippen molar-refractivity contribution >= 4 is 33.8 Å². The first-order valence-corrected chi connectivity index (χ1v) is 9.61. The molecule has 0 aliphatic rings.